The van der Waals surface area contributed by atoms with Crippen LogP contribution >= 0.6 is 0 Å². The predicted octanol–water partition coefficient (Wildman–Crippen LogP) is 2.67. The number of hydrogen-bond acceptors (Lipinski definition) is 3. The first-order chi connectivity index (χ1) is 9.25. The maximum atomic E-state index is 12.9. The second kappa shape index (κ2) is 4.55. The van der Waals surface area contributed by atoms with Gasteiger partial charge in [0.05, 0.1) is 18.2 Å². The minimum Gasteiger partial charge on any atom is -0.478 e. The largest absolute Gasteiger partial charge is 0.478 e. The minimum atomic E-state index is -4.79. The lowest BCUT2D eigenvalue weighted by Crippen LogP contribution is -2.13. The molecule has 0 bridgehead atoms. The minimum absolute atomic E-state index is 0.00252. The number of nitrogens with one attached hydrogen (secondary N) is 1. The number of halogens is 3. The third-order valence-electron chi connectivity index (χ3n) is 2.72. The number of H-pyrrole nitrogens is 1. The first-order valence-electron chi connectivity index (χ1n) is 5.30. The summed E-state index contributed by atoms with van der Waals surface area (Å²) in [5.74, 6) is -2.50. The number of ether oxygens (including phenoxy) is 1. The molecule has 0 radical (unpaired) electrons. The smallest absolute Gasteiger partial charge is 0.432 e. The lowest BCUT2D eigenvalue weighted by atomic mass is 10.1. The van der Waals surface area contributed by atoms with Crippen molar-refractivity contribution in [2.45, 2.75) is 6.18 Å². The molecule has 0 aliphatic rings. The van der Waals surface area contributed by atoms with Gasteiger partial charge < -0.3 is 14.8 Å². The lowest BCUT2D eigenvalue weighted by Gasteiger charge is -2.06. The average Bonchev–Trinajstić information content (AvgIpc) is 2.75. The summed E-state index contributed by atoms with van der Waals surface area (Å²) in [5.41, 5.74) is -2.21. The number of benzene rings is 1. The van der Waals surface area contributed by atoms with E-state index >= 15 is 0 Å². The maximum absolute atomic E-state index is 12.9. The van der Waals surface area contributed by atoms with Gasteiger partial charge in [0.15, 0.2) is 0 Å². The van der Waals surface area contributed by atoms with Gasteiger partial charge in [-0.2, -0.15) is 13.2 Å². The Balaban J connectivity index is 2.82. The molecule has 0 amide bonds. The molecule has 1 aromatic heterocycles. The number of carbonyl (C=O) groups excluding carboxylic acids is 1. The standard InChI is InChI=1S/C12H8F3NO4/c1-20-11(19)8-6-4-5(10(17)18)2-3-7(6)16-9(8)12(13,14)15/h2-4,16H,1H3,(H,17,18). The third kappa shape index (κ3) is 2.20. The van der Waals surface area contributed by atoms with Crippen LogP contribution in [0.3, 0.4) is 0 Å². The molecule has 5 nitrogen and oxygen atoms in total. The SMILES string of the molecule is COC(=O)c1c(C(F)(F)F)[nH]c2ccc(C(=O)O)cc12. The van der Waals surface area contributed by atoms with E-state index in [1.54, 1.807) is 0 Å². The van der Waals surface area contributed by atoms with Gasteiger partial charge in [0.1, 0.15) is 5.69 Å². The van der Waals surface area contributed by atoms with E-state index in [0.29, 0.717) is 0 Å². The molecule has 1 heterocycles. The van der Waals surface area contributed by atoms with Crippen LogP contribution in [0.4, 0.5) is 13.2 Å². The lowest BCUT2D eigenvalue weighted by molar-refractivity contribution is -0.141. The van der Waals surface area contributed by atoms with E-state index < -0.39 is 29.4 Å². The Morgan fingerprint density at radius 3 is 2.45 bits per heavy atom. The number of aromatic carboxylic acids is 1. The van der Waals surface area contributed by atoms with Gasteiger partial charge in [0.2, 0.25) is 0 Å². The van der Waals surface area contributed by atoms with E-state index in [9.17, 15) is 22.8 Å². The molecule has 0 saturated heterocycles. The fourth-order valence-electron chi connectivity index (χ4n) is 1.85. The van der Waals surface area contributed by atoms with Crippen LogP contribution in [0.5, 0.6) is 0 Å². The number of esters is 1. The molecule has 0 unspecified atom stereocenters. The summed E-state index contributed by atoms with van der Waals surface area (Å²) < 4.78 is 43.0. The Morgan fingerprint density at radius 2 is 1.95 bits per heavy atom. The van der Waals surface area contributed by atoms with Gasteiger partial charge in [-0.1, -0.05) is 0 Å². The number of methoxy groups -OCH3 is 1. The van der Waals surface area contributed by atoms with Gasteiger partial charge in [-0.05, 0) is 18.2 Å². The molecule has 0 saturated carbocycles. The molecular weight excluding hydrogens is 279 g/mol. The quantitative estimate of drug-likeness (QED) is 0.832. The zero-order chi connectivity index (χ0) is 15.1. The molecule has 2 aromatic rings. The van der Waals surface area contributed by atoms with E-state index in [-0.39, 0.29) is 16.5 Å². The van der Waals surface area contributed by atoms with Crippen LogP contribution in [-0.4, -0.2) is 29.1 Å². The van der Waals surface area contributed by atoms with Gasteiger partial charge in [0.25, 0.3) is 0 Å². The van der Waals surface area contributed by atoms with Gasteiger partial charge in [-0.15, -0.1) is 0 Å². The normalized spacial score (nSPS) is 11.6. The number of carboxylic acids is 1. The number of alkyl halides is 3. The number of aromatic amines is 1. The number of hydrogen-bond donors (Lipinski definition) is 2. The van der Waals surface area contributed by atoms with Crippen molar-refractivity contribution in [1.29, 1.82) is 0 Å². The molecule has 0 fully saturated rings. The second-order valence-electron chi connectivity index (χ2n) is 3.93. The third-order valence-corrected chi connectivity index (χ3v) is 2.72. The van der Waals surface area contributed by atoms with Crippen LogP contribution in [0.2, 0.25) is 0 Å². The fraction of sp³-hybridized carbons (Fsp3) is 0.167. The number of fused-ring (bicyclic) bond motifs is 1. The highest BCUT2D eigenvalue weighted by molar-refractivity contribution is 6.07. The molecule has 106 valence electrons. The van der Waals surface area contributed by atoms with Crippen LogP contribution in [0.15, 0.2) is 18.2 Å². The molecule has 0 aliphatic carbocycles. The summed E-state index contributed by atoms with van der Waals surface area (Å²) in [6.45, 7) is 0. The number of carboxylic acid groups (broad SMARTS) is 1. The summed E-state index contributed by atoms with van der Waals surface area (Å²) in [7, 11) is 0.947. The molecule has 0 aliphatic heterocycles. The van der Waals surface area contributed by atoms with Crippen molar-refractivity contribution >= 4 is 22.8 Å². The van der Waals surface area contributed by atoms with Crippen molar-refractivity contribution < 1.29 is 32.6 Å². The summed E-state index contributed by atoms with van der Waals surface area (Å²) in [4.78, 5) is 24.5. The van der Waals surface area contributed by atoms with E-state index in [0.717, 1.165) is 19.2 Å². The Labute approximate surface area is 110 Å². The number of aromatic nitrogens is 1. The van der Waals surface area contributed by atoms with Gasteiger partial charge in [-0.3, -0.25) is 0 Å². The van der Waals surface area contributed by atoms with Crippen molar-refractivity contribution in [3.8, 4) is 0 Å². The zero-order valence-electron chi connectivity index (χ0n) is 10.0. The molecule has 20 heavy (non-hydrogen) atoms. The van der Waals surface area contributed by atoms with Gasteiger partial charge in [-0.25, -0.2) is 9.59 Å². The number of rotatable bonds is 2. The maximum Gasteiger partial charge on any atom is 0.432 e. The Hall–Kier alpha value is -2.51. The Kier molecular flexibility index (Phi) is 3.16. The molecule has 2 rings (SSSR count). The second-order valence-corrected chi connectivity index (χ2v) is 3.93. The highest BCUT2D eigenvalue weighted by Gasteiger charge is 2.39. The van der Waals surface area contributed by atoms with Crippen molar-refractivity contribution in [2.75, 3.05) is 7.11 Å². The van der Waals surface area contributed by atoms with Crippen molar-refractivity contribution in [3.63, 3.8) is 0 Å². The summed E-state index contributed by atoms with van der Waals surface area (Å²) in [6, 6.07) is 3.30. The van der Waals surface area contributed by atoms with E-state index in [1.165, 1.54) is 6.07 Å². The van der Waals surface area contributed by atoms with Crippen LogP contribution in [0.25, 0.3) is 10.9 Å². The Bertz CT molecular complexity index is 703. The first-order valence-corrected chi connectivity index (χ1v) is 5.30. The highest BCUT2D eigenvalue weighted by Crippen LogP contribution is 2.36. The van der Waals surface area contributed by atoms with Crippen molar-refractivity contribution in [1.82, 2.24) is 4.98 Å². The molecule has 2 N–H and O–H groups in total. The first kappa shape index (κ1) is 13.9. The van der Waals surface area contributed by atoms with Gasteiger partial charge >= 0.3 is 18.1 Å². The monoisotopic (exact) mass is 287 g/mol. The fourth-order valence-corrected chi connectivity index (χ4v) is 1.85. The van der Waals surface area contributed by atoms with Crippen LogP contribution in [0, 0.1) is 0 Å². The van der Waals surface area contributed by atoms with E-state index in [2.05, 4.69) is 9.72 Å². The zero-order valence-corrected chi connectivity index (χ0v) is 10.0. The number of carbonyl (C=O) groups is 2. The predicted molar refractivity (Wildman–Crippen MR) is 61.6 cm³/mol. The van der Waals surface area contributed by atoms with Crippen LogP contribution in [0.1, 0.15) is 26.4 Å². The summed E-state index contributed by atoms with van der Waals surface area (Å²) >= 11 is 0. The van der Waals surface area contributed by atoms with Crippen LogP contribution in [-0.2, 0) is 10.9 Å². The van der Waals surface area contributed by atoms with E-state index in [4.69, 9.17) is 5.11 Å². The van der Waals surface area contributed by atoms with E-state index in [1.807, 2.05) is 0 Å². The molecule has 1 aromatic carbocycles. The molecule has 0 atom stereocenters. The molecular formula is C12H8F3NO4. The van der Waals surface area contributed by atoms with Crippen LogP contribution < -0.4 is 0 Å². The van der Waals surface area contributed by atoms with Crippen molar-refractivity contribution in [3.05, 3.63) is 35.0 Å². The highest BCUT2D eigenvalue weighted by atomic mass is 19.4. The molecule has 0 spiro atoms. The Morgan fingerprint density at radius 1 is 1.30 bits per heavy atom. The van der Waals surface area contributed by atoms with Gasteiger partial charge in [0, 0.05) is 10.9 Å². The molecule has 8 heteroatoms. The average molecular weight is 287 g/mol. The summed E-state index contributed by atoms with van der Waals surface area (Å²) in [6.07, 6.45) is -4.79. The summed E-state index contributed by atoms with van der Waals surface area (Å²) in [5, 5.41) is 8.70. The van der Waals surface area contributed by atoms with Crippen molar-refractivity contribution in [2.24, 2.45) is 0 Å². The topological polar surface area (TPSA) is 79.4 Å².